The van der Waals surface area contributed by atoms with Crippen molar-refractivity contribution in [1.82, 2.24) is 0 Å². The molecule has 0 amide bonds. The molecule has 0 N–H and O–H groups in total. The van der Waals surface area contributed by atoms with E-state index >= 15 is 0 Å². The van der Waals surface area contributed by atoms with Crippen LogP contribution in [0.2, 0.25) is 0 Å². The molecule has 4 heteroatoms. The number of ether oxygens (including phenoxy) is 1. The maximum atomic E-state index is 13.1. The second-order valence-electron chi connectivity index (χ2n) is 4.71. The third kappa shape index (κ3) is 4.11. The number of alkyl halides is 3. The van der Waals surface area contributed by atoms with E-state index in [4.69, 9.17) is 16.3 Å². The van der Waals surface area contributed by atoms with E-state index in [1.165, 1.54) is 0 Å². The largest absolute Gasteiger partial charge is 0.492 e. The molecule has 1 unspecified atom stereocenters. The topological polar surface area (TPSA) is 9.23 Å². The zero-order valence-corrected chi connectivity index (χ0v) is 11.2. The van der Waals surface area contributed by atoms with Crippen molar-refractivity contribution in [3.05, 3.63) is 29.8 Å². The first-order valence-corrected chi connectivity index (χ1v) is 6.79. The van der Waals surface area contributed by atoms with E-state index in [1.807, 2.05) is 18.2 Å². The molecule has 1 aliphatic carbocycles. The minimum atomic E-state index is -2.52. The Kier molecular flexibility index (Phi) is 4.66. The molecular formula is C15H15ClF2O. The van der Waals surface area contributed by atoms with Gasteiger partial charge in [-0.15, -0.1) is 11.6 Å². The van der Waals surface area contributed by atoms with Crippen molar-refractivity contribution in [1.29, 1.82) is 0 Å². The second kappa shape index (κ2) is 6.25. The Balaban J connectivity index is 1.96. The van der Waals surface area contributed by atoms with Gasteiger partial charge in [-0.1, -0.05) is 24.0 Å². The highest BCUT2D eigenvalue weighted by Gasteiger charge is 2.39. The highest BCUT2D eigenvalue weighted by Crippen LogP contribution is 2.39. The van der Waals surface area contributed by atoms with E-state index in [0.29, 0.717) is 18.8 Å². The van der Waals surface area contributed by atoms with Crippen molar-refractivity contribution in [2.75, 3.05) is 12.5 Å². The Labute approximate surface area is 116 Å². The van der Waals surface area contributed by atoms with Gasteiger partial charge in [0.2, 0.25) is 5.92 Å². The predicted octanol–water partition coefficient (Wildman–Crippen LogP) is 4.09. The van der Waals surface area contributed by atoms with Crippen molar-refractivity contribution in [2.24, 2.45) is 5.92 Å². The number of para-hydroxylation sites is 1. The van der Waals surface area contributed by atoms with Gasteiger partial charge in [0.1, 0.15) is 5.75 Å². The van der Waals surface area contributed by atoms with Gasteiger partial charge in [0, 0.05) is 12.8 Å². The fraction of sp³-hybridized carbons (Fsp3) is 0.467. The minimum absolute atomic E-state index is 0.0330. The fourth-order valence-corrected chi connectivity index (χ4v) is 2.28. The monoisotopic (exact) mass is 284 g/mol. The average Bonchev–Trinajstić information content (AvgIpc) is 2.74. The smallest absolute Gasteiger partial charge is 0.248 e. The molecule has 1 aromatic rings. The van der Waals surface area contributed by atoms with Gasteiger partial charge in [-0.2, -0.15) is 0 Å². The van der Waals surface area contributed by atoms with Crippen LogP contribution in [0.15, 0.2) is 24.3 Å². The van der Waals surface area contributed by atoms with Gasteiger partial charge >= 0.3 is 0 Å². The molecular weight excluding hydrogens is 270 g/mol. The molecule has 1 nitrogen and oxygen atoms in total. The van der Waals surface area contributed by atoms with Gasteiger partial charge in [0.15, 0.2) is 0 Å². The first-order valence-electron chi connectivity index (χ1n) is 6.25. The second-order valence-corrected chi connectivity index (χ2v) is 4.97. The molecule has 0 heterocycles. The number of halogens is 3. The summed E-state index contributed by atoms with van der Waals surface area (Å²) in [5, 5.41) is 0. The van der Waals surface area contributed by atoms with Crippen molar-refractivity contribution in [3.63, 3.8) is 0 Å². The van der Waals surface area contributed by atoms with Gasteiger partial charge in [-0.25, -0.2) is 8.78 Å². The molecule has 0 aromatic heterocycles. The molecule has 1 fully saturated rings. The first kappa shape index (κ1) is 14.1. The van der Waals surface area contributed by atoms with Crippen LogP contribution in [-0.2, 0) is 0 Å². The van der Waals surface area contributed by atoms with Gasteiger partial charge in [0.25, 0.3) is 0 Å². The fourth-order valence-electron chi connectivity index (χ4n) is 2.22. The van der Waals surface area contributed by atoms with E-state index in [1.54, 1.807) is 6.07 Å². The molecule has 1 aromatic carbocycles. The van der Waals surface area contributed by atoms with Crippen LogP contribution in [0.5, 0.6) is 5.75 Å². The van der Waals surface area contributed by atoms with Gasteiger partial charge in [-0.05, 0) is 24.5 Å². The normalized spacial score (nSPS) is 20.7. The molecule has 0 radical (unpaired) electrons. The van der Waals surface area contributed by atoms with E-state index in [2.05, 4.69) is 11.8 Å². The quantitative estimate of drug-likeness (QED) is 0.600. The number of rotatable bonds is 3. The van der Waals surface area contributed by atoms with Gasteiger partial charge < -0.3 is 4.74 Å². The summed E-state index contributed by atoms with van der Waals surface area (Å²) in [5.74, 6) is 3.95. The summed E-state index contributed by atoms with van der Waals surface area (Å²) in [4.78, 5) is 0. The summed E-state index contributed by atoms with van der Waals surface area (Å²) in [6.45, 7) is 0.315. The third-order valence-corrected chi connectivity index (χ3v) is 3.29. The summed E-state index contributed by atoms with van der Waals surface area (Å²) >= 11 is 5.52. The molecule has 0 bridgehead atoms. The Morgan fingerprint density at radius 3 is 2.84 bits per heavy atom. The highest BCUT2D eigenvalue weighted by atomic mass is 35.5. The van der Waals surface area contributed by atoms with Crippen LogP contribution < -0.4 is 4.74 Å². The van der Waals surface area contributed by atoms with Crippen LogP contribution in [0.1, 0.15) is 24.8 Å². The lowest BCUT2D eigenvalue weighted by Crippen LogP contribution is -2.14. The van der Waals surface area contributed by atoms with Gasteiger partial charge in [0.05, 0.1) is 18.1 Å². The van der Waals surface area contributed by atoms with Crippen LogP contribution in [-0.4, -0.2) is 18.4 Å². The molecule has 2 rings (SSSR count). The van der Waals surface area contributed by atoms with Crippen LogP contribution in [0, 0.1) is 17.8 Å². The molecule has 1 saturated carbocycles. The molecule has 1 aliphatic rings. The van der Waals surface area contributed by atoms with Crippen molar-refractivity contribution in [3.8, 4) is 17.6 Å². The summed E-state index contributed by atoms with van der Waals surface area (Å²) in [6, 6.07) is 7.32. The van der Waals surface area contributed by atoms with E-state index in [0.717, 1.165) is 5.56 Å². The summed E-state index contributed by atoms with van der Waals surface area (Å²) in [5.41, 5.74) is 0.743. The standard InChI is InChI=1S/C15H15ClF2O/c16-9-3-5-13-4-1-2-6-14(13)19-11-12-7-8-15(17,18)10-12/h1-2,4,6,12H,7-11H2. The number of hydrogen-bond acceptors (Lipinski definition) is 1. The number of hydrogen-bond donors (Lipinski definition) is 0. The van der Waals surface area contributed by atoms with Crippen LogP contribution >= 0.6 is 11.6 Å². The lowest BCUT2D eigenvalue weighted by atomic mass is 10.1. The van der Waals surface area contributed by atoms with E-state index in [-0.39, 0.29) is 24.6 Å². The first-order chi connectivity index (χ1) is 9.11. The zero-order valence-electron chi connectivity index (χ0n) is 10.5. The Hall–Kier alpha value is -1.27. The Morgan fingerprint density at radius 1 is 1.37 bits per heavy atom. The lowest BCUT2D eigenvalue weighted by Gasteiger charge is -2.13. The molecule has 19 heavy (non-hydrogen) atoms. The van der Waals surface area contributed by atoms with E-state index < -0.39 is 5.92 Å². The maximum Gasteiger partial charge on any atom is 0.248 e. The average molecular weight is 285 g/mol. The summed E-state index contributed by atoms with van der Waals surface area (Å²) in [7, 11) is 0. The van der Waals surface area contributed by atoms with Crippen molar-refractivity contribution >= 4 is 11.6 Å². The summed E-state index contributed by atoms with van der Waals surface area (Å²) in [6.07, 6.45) is 0.403. The summed E-state index contributed by atoms with van der Waals surface area (Å²) < 4.78 is 31.8. The number of benzene rings is 1. The SMILES string of the molecule is FC1(F)CCC(COc2ccccc2C#CCCl)C1. The molecule has 1 atom stereocenters. The Bertz CT molecular complexity index is 490. The molecule has 0 aliphatic heterocycles. The Morgan fingerprint density at radius 2 is 2.16 bits per heavy atom. The van der Waals surface area contributed by atoms with E-state index in [9.17, 15) is 8.78 Å². The van der Waals surface area contributed by atoms with Crippen LogP contribution in [0.4, 0.5) is 8.78 Å². The van der Waals surface area contributed by atoms with Crippen molar-refractivity contribution in [2.45, 2.75) is 25.2 Å². The molecule has 0 saturated heterocycles. The zero-order chi connectivity index (χ0) is 13.7. The van der Waals surface area contributed by atoms with Gasteiger partial charge in [-0.3, -0.25) is 0 Å². The molecule has 0 spiro atoms. The van der Waals surface area contributed by atoms with Crippen molar-refractivity contribution < 1.29 is 13.5 Å². The highest BCUT2D eigenvalue weighted by molar-refractivity contribution is 6.19. The predicted molar refractivity (Wildman–Crippen MR) is 71.8 cm³/mol. The van der Waals surface area contributed by atoms with Crippen LogP contribution in [0.25, 0.3) is 0 Å². The minimum Gasteiger partial charge on any atom is -0.492 e. The maximum absolute atomic E-state index is 13.1. The molecule has 102 valence electrons. The lowest BCUT2D eigenvalue weighted by molar-refractivity contribution is 0.00292. The third-order valence-electron chi connectivity index (χ3n) is 3.16. The van der Waals surface area contributed by atoms with Crippen LogP contribution in [0.3, 0.4) is 0 Å².